The molecule has 0 aliphatic carbocycles. The molecule has 1 fully saturated rings. The van der Waals surface area contributed by atoms with E-state index in [1.165, 1.54) is 9.80 Å². The quantitative estimate of drug-likeness (QED) is 0.0336. The van der Waals surface area contributed by atoms with Crippen molar-refractivity contribution < 1.29 is 47.7 Å². The van der Waals surface area contributed by atoms with Crippen LogP contribution in [0.4, 0.5) is 10.5 Å². The minimum atomic E-state index is -0.874. The molecule has 0 saturated carbocycles. The Morgan fingerprint density at radius 1 is 0.878 bits per heavy atom. The number of anilines is 1. The summed E-state index contributed by atoms with van der Waals surface area (Å²) in [6.45, 7) is 4.57. The fraction of sp³-hybridized carbons (Fsp3) is 0.393. The molecule has 6 aromatic rings. The van der Waals surface area contributed by atoms with Gasteiger partial charge in [-0.25, -0.2) is 4.79 Å². The molecule has 1 saturated heterocycles. The Balaban J connectivity index is 0.869. The zero-order valence-electron chi connectivity index (χ0n) is 42.3. The molecular formula is C56H63N7O11. The van der Waals surface area contributed by atoms with Gasteiger partial charge in [0, 0.05) is 86.5 Å². The average Bonchev–Trinajstić information content (AvgIpc) is 3.96. The van der Waals surface area contributed by atoms with Crippen molar-refractivity contribution in [2.45, 2.75) is 90.8 Å². The van der Waals surface area contributed by atoms with Gasteiger partial charge >= 0.3 is 6.09 Å². The molecule has 1 unspecified atom stereocenters. The summed E-state index contributed by atoms with van der Waals surface area (Å²) in [5, 5.41) is 8.46. The van der Waals surface area contributed by atoms with Crippen molar-refractivity contribution in [3.63, 3.8) is 0 Å². The molecule has 4 aromatic carbocycles. The Labute approximate surface area is 428 Å². The topological polar surface area (TPSA) is 231 Å². The standard InChI is InChI=1S/C56H63N7O11/c1-34-24-40-41(28-47(34)71-4)55(69)63(52-42-29-48-49(74-33-73-48)30-44(42)58-31-43(40)52)23-22-61(3)56(70)72-32-37-16-18-39(19-17-37)59-53(67)38(14-11-20-57)27-46(64)45(26-36-12-7-5-8-13-36)60-50(65)15-9-6-10-21-62-51(66)25-35(2)54(62)68/h5,7-8,12-13,16-19,24,28-31,35,38,45H,6,9-11,14-15,20-23,25-27,32-33,57H2,1-4H3,(H,59,67)(H,60,65)/t35?,38-,45+/m1/s1. The van der Waals surface area contributed by atoms with Crippen LogP contribution < -0.4 is 36.1 Å². The molecule has 0 bridgehead atoms. The van der Waals surface area contributed by atoms with Gasteiger partial charge in [0.05, 0.1) is 29.6 Å². The number of amides is 5. The lowest BCUT2D eigenvalue weighted by molar-refractivity contribution is -0.139. The van der Waals surface area contributed by atoms with Gasteiger partial charge in [0.15, 0.2) is 17.3 Å². The number of imide groups is 1. The number of carbonyl (C=O) groups excluding carboxylic acids is 6. The molecule has 4 heterocycles. The number of nitrogens with one attached hydrogen (secondary N) is 2. The molecule has 18 heteroatoms. The van der Waals surface area contributed by atoms with E-state index < -0.39 is 18.1 Å². The predicted octanol–water partition coefficient (Wildman–Crippen LogP) is 6.95. The molecule has 74 heavy (non-hydrogen) atoms. The molecule has 2 aromatic heterocycles. The molecule has 5 amide bonds. The Bertz CT molecular complexity index is 3140. The number of fused-ring (bicyclic) bond motifs is 6. The monoisotopic (exact) mass is 1010 g/mol. The number of aromatic nitrogens is 2. The van der Waals surface area contributed by atoms with E-state index in [0.717, 1.165) is 21.9 Å². The van der Waals surface area contributed by atoms with E-state index in [1.807, 2.05) is 49.4 Å². The lowest BCUT2D eigenvalue weighted by Crippen LogP contribution is -2.43. The minimum absolute atomic E-state index is 0.0685. The number of pyridine rings is 2. The van der Waals surface area contributed by atoms with E-state index in [-0.39, 0.29) is 93.1 Å². The molecule has 0 spiro atoms. The Morgan fingerprint density at radius 3 is 2.35 bits per heavy atom. The first-order chi connectivity index (χ1) is 35.7. The fourth-order valence-electron chi connectivity index (χ4n) is 9.60. The number of aryl methyl sites for hydroxylation is 1. The zero-order chi connectivity index (χ0) is 52.5. The number of Topliss-reactive ketones (excluding diaryl/α,β-unsaturated/α-hetero) is 1. The highest BCUT2D eigenvalue weighted by Gasteiger charge is 2.35. The van der Waals surface area contributed by atoms with Gasteiger partial charge in [-0.3, -0.25) is 38.7 Å². The van der Waals surface area contributed by atoms with Crippen molar-refractivity contribution in [2.24, 2.45) is 17.6 Å². The van der Waals surface area contributed by atoms with E-state index in [1.54, 1.807) is 68.2 Å². The molecule has 388 valence electrons. The fourth-order valence-corrected chi connectivity index (χ4v) is 9.60. The maximum atomic E-state index is 14.4. The highest BCUT2D eigenvalue weighted by Crippen LogP contribution is 2.39. The van der Waals surface area contributed by atoms with E-state index in [4.69, 9.17) is 29.7 Å². The van der Waals surface area contributed by atoms with E-state index >= 15 is 0 Å². The molecule has 4 N–H and O–H groups in total. The van der Waals surface area contributed by atoms with Crippen molar-refractivity contribution in [1.29, 1.82) is 0 Å². The van der Waals surface area contributed by atoms with Crippen molar-refractivity contribution >= 4 is 73.8 Å². The normalized spacial score (nSPS) is 14.9. The second-order valence-electron chi connectivity index (χ2n) is 19.1. The SMILES string of the molecule is COc1cc2c(=O)n(CCN(C)C(=O)OCc3ccc(NC(=O)[C@H](CCCN)CC(=O)[C@H](Cc4ccccc4)NC(=O)CCCCCN4C(=O)CC(C)C4=O)cc3)c3c4cc5c(cc4ncc3c2cc1C)OCO5. The third-order valence-electron chi connectivity index (χ3n) is 13.8. The van der Waals surface area contributed by atoms with Gasteiger partial charge in [0.2, 0.25) is 30.4 Å². The molecule has 0 radical (unpaired) electrons. The summed E-state index contributed by atoms with van der Waals surface area (Å²) in [7, 11) is 3.15. The smallest absolute Gasteiger partial charge is 0.409 e. The molecule has 2 aliphatic heterocycles. The highest BCUT2D eigenvalue weighted by atomic mass is 16.7. The summed E-state index contributed by atoms with van der Waals surface area (Å²) in [6, 6.07) is 22.6. The number of nitrogens with two attached hydrogens (primary N) is 1. The number of nitrogens with zero attached hydrogens (tertiary/aromatic N) is 4. The van der Waals surface area contributed by atoms with Crippen LogP contribution in [0.2, 0.25) is 0 Å². The molecule has 18 nitrogen and oxygen atoms in total. The van der Waals surface area contributed by atoms with E-state index in [9.17, 15) is 33.6 Å². The van der Waals surface area contributed by atoms with Crippen molar-refractivity contribution in [1.82, 2.24) is 24.7 Å². The number of hydrogen-bond acceptors (Lipinski definition) is 13. The van der Waals surface area contributed by atoms with Crippen LogP contribution in [0.1, 0.15) is 75.0 Å². The third kappa shape index (κ3) is 12.1. The maximum Gasteiger partial charge on any atom is 0.409 e. The lowest BCUT2D eigenvalue weighted by atomic mass is 9.91. The number of ether oxygens (including phenoxy) is 4. The second-order valence-corrected chi connectivity index (χ2v) is 19.1. The largest absolute Gasteiger partial charge is 0.496 e. The van der Waals surface area contributed by atoms with Crippen LogP contribution in [0.5, 0.6) is 17.2 Å². The van der Waals surface area contributed by atoms with Crippen LogP contribution in [0, 0.1) is 18.8 Å². The molecule has 2 aliphatic rings. The number of methoxy groups -OCH3 is 1. The number of rotatable bonds is 23. The van der Waals surface area contributed by atoms with Gasteiger partial charge in [0.1, 0.15) is 12.4 Å². The van der Waals surface area contributed by atoms with E-state index in [0.29, 0.717) is 95.5 Å². The number of carbonyl (C=O) groups is 6. The van der Waals surface area contributed by atoms with Gasteiger partial charge in [0.25, 0.3) is 5.56 Å². The second kappa shape index (κ2) is 23.8. The van der Waals surface area contributed by atoms with Crippen molar-refractivity contribution in [2.75, 3.05) is 45.9 Å². The van der Waals surface area contributed by atoms with Crippen LogP contribution >= 0.6 is 0 Å². The van der Waals surface area contributed by atoms with Crippen molar-refractivity contribution in [3.05, 3.63) is 112 Å². The summed E-state index contributed by atoms with van der Waals surface area (Å²) in [4.78, 5) is 101. The minimum Gasteiger partial charge on any atom is -0.496 e. The first-order valence-electron chi connectivity index (χ1n) is 25.1. The summed E-state index contributed by atoms with van der Waals surface area (Å²) in [6.07, 6.45) is 4.21. The van der Waals surface area contributed by atoms with Crippen LogP contribution in [-0.4, -0.2) is 101 Å². The van der Waals surface area contributed by atoms with Crippen molar-refractivity contribution in [3.8, 4) is 17.2 Å². The lowest BCUT2D eigenvalue weighted by Gasteiger charge is -2.22. The summed E-state index contributed by atoms with van der Waals surface area (Å²) in [5.41, 5.74) is 9.70. The van der Waals surface area contributed by atoms with E-state index in [2.05, 4.69) is 10.6 Å². The number of unbranched alkanes of at least 4 members (excludes halogenated alkanes) is 2. The predicted molar refractivity (Wildman–Crippen MR) is 279 cm³/mol. The molecular weight excluding hydrogens is 947 g/mol. The zero-order valence-corrected chi connectivity index (χ0v) is 42.3. The summed E-state index contributed by atoms with van der Waals surface area (Å²) >= 11 is 0. The molecule has 8 rings (SSSR count). The van der Waals surface area contributed by atoms with Crippen LogP contribution in [0.25, 0.3) is 32.6 Å². The Kier molecular flexibility index (Phi) is 16.9. The number of likely N-dealkylation sites (N-methyl/N-ethyl adjacent to an activating group) is 1. The van der Waals surface area contributed by atoms with Gasteiger partial charge in [-0.1, -0.05) is 55.8 Å². The third-order valence-corrected chi connectivity index (χ3v) is 13.8. The summed E-state index contributed by atoms with van der Waals surface area (Å²) < 4.78 is 24.2. The average molecular weight is 1010 g/mol. The highest BCUT2D eigenvalue weighted by molar-refractivity contribution is 6.15. The molecule has 3 atom stereocenters. The Hall–Kier alpha value is -7.86. The number of likely N-dealkylation sites (tertiary alicyclic amines) is 1. The van der Waals surface area contributed by atoms with Gasteiger partial charge in [-0.15, -0.1) is 0 Å². The maximum absolute atomic E-state index is 14.4. The van der Waals surface area contributed by atoms with Gasteiger partial charge in [-0.05, 0) is 98.0 Å². The van der Waals surface area contributed by atoms with Gasteiger partial charge in [-0.2, -0.15) is 0 Å². The van der Waals surface area contributed by atoms with Crippen LogP contribution in [0.15, 0.2) is 89.9 Å². The number of hydrogen-bond donors (Lipinski definition) is 3. The number of ketones is 1. The first kappa shape index (κ1) is 52.5. The Morgan fingerprint density at radius 2 is 1.64 bits per heavy atom. The first-order valence-corrected chi connectivity index (χ1v) is 25.1. The van der Waals surface area contributed by atoms with Gasteiger partial charge < -0.3 is 44.8 Å². The number of benzene rings is 4. The van der Waals surface area contributed by atoms with Crippen LogP contribution in [-0.2, 0) is 48.3 Å². The summed E-state index contributed by atoms with van der Waals surface area (Å²) in [5.74, 6) is -0.621. The van der Waals surface area contributed by atoms with Crippen LogP contribution in [0.3, 0.4) is 0 Å².